The highest BCUT2D eigenvalue weighted by Crippen LogP contribution is 2.25. The molecule has 38 heavy (non-hydrogen) atoms. The molecule has 5 rings (SSSR count). The Balaban J connectivity index is 0.00000107. The standard InChI is InChI=1S/C32H30N2O.CO2/c1-3-30(27-12-8-5-9-13-27)33-32(35)28-18-19-31-29(20-28)23(2)21-34(31)22-24-14-16-26(17-15-24)25-10-6-4-7-11-25;2-1-3/h4-21,30H,3,22H2,1-2H3,(H,33,35);. The van der Waals surface area contributed by atoms with Gasteiger partial charge >= 0.3 is 6.15 Å². The monoisotopic (exact) mass is 502 g/mol. The van der Waals surface area contributed by atoms with Crippen molar-refractivity contribution in [3.63, 3.8) is 0 Å². The lowest BCUT2D eigenvalue weighted by atomic mass is 10.0. The van der Waals surface area contributed by atoms with Crippen molar-refractivity contribution >= 4 is 23.0 Å². The molecule has 1 amide bonds. The van der Waals surface area contributed by atoms with Gasteiger partial charge < -0.3 is 9.88 Å². The van der Waals surface area contributed by atoms with Crippen LogP contribution in [0.25, 0.3) is 22.0 Å². The topological polar surface area (TPSA) is 68.2 Å². The van der Waals surface area contributed by atoms with Crippen molar-refractivity contribution in [2.75, 3.05) is 0 Å². The maximum atomic E-state index is 13.1. The predicted octanol–water partition coefficient (Wildman–Crippen LogP) is 6.96. The zero-order chi connectivity index (χ0) is 26.9. The molecule has 1 N–H and O–H groups in total. The van der Waals surface area contributed by atoms with Gasteiger partial charge in [-0.1, -0.05) is 91.9 Å². The number of hydrogen-bond acceptors (Lipinski definition) is 3. The first-order valence-corrected chi connectivity index (χ1v) is 12.6. The molecule has 0 aliphatic heterocycles. The highest BCUT2D eigenvalue weighted by molar-refractivity contribution is 5.99. The van der Waals surface area contributed by atoms with Gasteiger partial charge in [0, 0.05) is 29.2 Å². The van der Waals surface area contributed by atoms with Gasteiger partial charge in [-0.2, -0.15) is 9.59 Å². The number of benzene rings is 4. The second-order valence-electron chi connectivity index (χ2n) is 9.16. The molecule has 0 radical (unpaired) electrons. The van der Waals surface area contributed by atoms with E-state index in [1.807, 2.05) is 36.4 Å². The van der Waals surface area contributed by atoms with Crippen molar-refractivity contribution in [3.8, 4) is 11.1 Å². The van der Waals surface area contributed by atoms with Crippen LogP contribution in [0.3, 0.4) is 0 Å². The van der Waals surface area contributed by atoms with Gasteiger partial charge in [-0.25, -0.2) is 0 Å². The van der Waals surface area contributed by atoms with Crippen molar-refractivity contribution in [1.82, 2.24) is 9.88 Å². The third kappa shape index (κ3) is 6.15. The van der Waals surface area contributed by atoms with Crippen molar-refractivity contribution in [1.29, 1.82) is 0 Å². The van der Waals surface area contributed by atoms with Crippen molar-refractivity contribution in [3.05, 3.63) is 132 Å². The van der Waals surface area contributed by atoms with E-state index in [1.165, 1.54) is 22.3 Å². The summed E-state index contributed by atoms with van der Waals surface area (Å²) in [7, 11) is 0. The van der Waals surface area contributed by atoms with Crippen LogP contribution < -0.4 is 5.32 Å². The number of nitrogens with zero attached hydrogens (tertiary/aromatic N) is 1. The molecule has 4 aromatic carbocycles. The van der Waals surface area contributed by atoms with Gasteiger partial charge in [-0.3, -0.25) is 4.79 Å². The van der Waals surface area contributed by atoms with Crippen LogP contribution in [0.2, 0.25) is 0 Å². The van der Waals surface area contributed by atoms with Crippen molar-refractivity contribution < 1.29 is 14.4 Å². The fraction of sp³-hybridized carbons (Fsp3) is 0.152. The first-order valence-electron chi connectivity index (χ1n) is 12.6. The number of rotatable bonds is 7. The molecule has 5 nitrogen and oxygen atoms in total. The highest BCUT2D eigenvalue weighted by Gasteiger charge is 2.16. The number of amides is 1. The van der Waals surface area contributed by atoms with Crippen LogP contribution in [0, 0.1) is 6.92 Å². The normalized spacial score (nSPS) is 11.2. The van der Waals surface area contributed by atoms with Gasteiger partial charge in [0.05, 0.1) is 6.04 Å². The maximum Gasteiger partial charge on any atom is 0.373 e. The Bertz CT molecular complexity index is 1530. The molecule has 0 aliphatic rings. The van der Waals surface area contributed by atoms with Gasteiger partial charge in [-0.15, -0.1) is 0 Å². The summed E-state index contributed by atoms with van der Waals surface area (Å²) in [5, 5.41) is 4.32. The summed E-state index contributed by atoms with van der Waals surface area (Å²) in [5.41, 5.74) is 7.83. The first kappa shape index (κ1) is 26.3. The van der Waals surface area contributed by atoms with Crippen LogP contribution in [0.1, 0.15) is 46.4 Å². The molecule has 1 atom stereocenters. The zero-order valence-corrected chi connectivity index (χ0v) is 21.6. The smallest absolute Gasteiger partial charge is 0.345 e. The Hall–Kier alpha value is -4.73. The number of hydrogen-bond donors (Lipinski definition) is 1. The van der Waals surface area contributed by atoms with E-state index in [0.29, 0.717) is 5.56 Å². The minimum atomic E-state index is -0.0359. The van der Waals surface area contributed by atoms with Crippen LogP contribution in [0.5, 0.6) is 0 Å². The largest absolute Gasteiger partial charge is 0.373 e. The van der Waals surface area contributed by atoms with Gasteiger partial charge in [0.15, 0.2) is 0 Å². The summed E-state index contributed by atoms with van der Waals surface area (Å²) in [4.78, 5) is 29.3. The Morgan fingerprint density at radius 2 is 1.45 bits per heavy atom. The lowest BCUT2D eigenvalue weighted by Gasteiger charge is -2.17. The fourth-order valence-corrected chi connectivity index (χ4v) is 4.73. The molecule has 190 valence electrons. The number of fused-ring (bicyclic) bond motifs is 1. The third-order valence-electron chi connectivity index (χ3n) is 6.67. The van der Waals surface area contributed by atoms with Crippen LogP contribution in [-0.2, 0) is 16.1 Å². The lowest BCUT2D eigenvalue weighted by molar-refractivity contribution is -0.191. The van der Waals surface area contributed by atoms with Gasteiger partial charge in [-0.05, 0) is 59.4 Å². The third-order valence-corrected chi connectivity index (χ3v) is 6.67. The van der Waals surface area contributed by atoms with E-state index < -0.39 is 0 Å². The molecule has 0 bridgehead atoms. The van der Waals surface area contributed by atoms with Crippen LogP contribution >= 0.6 is 0 Å². The molecular weight excluding hydrogens is 472 g/mol. The minimum Gasteiger partial charge on any atom is -0.345 e. The first-order chi connectivity index (χ1) is 18.5. The summed E-state index contributed by atoms with van der Waals surface area (Å²) in [6, 6.07) is 35.4. The molecule has 1 aromatic heterocycles. The van der Waals surface area contributed by atoms with E-state index in [4.69, 9.17) is 9.59 Å². The summed E-state index contributed by atoms with van der Waals surface area (Å²) in [6.45, 7) is 4.99. The Morgan fingerprint density at radius 3 is 2.08 bits per heavy atom. The Morgan fingerprint density at radius 1 is 0.842 bits per heavy atom. The average molecular weight is 503 g/mol. The predicted molar refractivity (Wildman–Crippen MR) is 150 cm³/mol. The maximum absolute atomic E-state index is 13.1. The van der Waals surface area contributed by atoms with E-state index in [0.717, 1.165) is 29.4 Å². The van der Waals surface area contributed by atoms with Gasteiger partial charge in [0.25, 0.3) is 5.91 Å². The molecule has 0 aliphatic carbocycles. The number of aryl methyl sites for hydroxylation is 1. The van der Waals surface area contributed by atoms with Crippen LogP contribution in [0.15, 0.2) is 109 Å². The highest BCUT2D eigenvalue weighted by atomic mass is 16.2. The molecule has 1 unspecified atom stereocenters. The molecule has 0 saturated heterocycles. The quantitative estimate of drug-likeness (QED) is 0.261. The number of carbonyl (C=O) groups is 1. The molecule has 5 heteroatoms. The van der Waals surface area contributed by atoms with E-state index in [2.05, 4.69) is 96.7 Å². The summed E-state index contributed by atoms with van der Waals surface area (Å²) >= 11 is 0. The van der Waals surface area contributed by atoms with E-state index in [1.54, 1.807) is 0 Å². The van der Waals surface area contributed by atoms with Crippen molar-refractivity contribution in [2.24, 2.45) is 0 Å². The van der Waals surface area contributed by atoms with Gasteiger partial charge in [0.2, 0.25) is 0 Å². The van der Waals surface area contributed by atoms with Crippen LogP contribution in [0.4, 0.5) is 0 Å². The number of nitrogens with one attached hydrogen (secondary N) is 1. The van der Waals surface area contributed by atoms with E-state index >= 15 is 0 Å². The zero-order valence-electron chi connectivity index (χ0n) is 21.6. The van der Waals surface area contributed by atoms with Crippen molar-refractivity contribution in [2.45, 2.75) is 32.9 Å². The molecular formula is C33H30N2O3. The van der Waals surface area contributed by atoms with Crippen LogP contribution in [-0.4, -0.2) is 16.6 Å². The molecule has 0 fully saturated rings. The molecule has 0 spiro atoms. The van der Waals surface area contributed by atoms with E-state index in [-0.39, 0.29) is 18.1 Å². The van der Waals surface area contributed by atoms with Gasteiger partial charge in [0.1, 0.15) is 0 Å². The number of carbonyl (C=O) groups excluding carboxylic acids is 3. The van der Waals surface area contributed by atoms with E-state index in [9.17, 15) is 4.79 Å². The average Bonchev–Trinajstić information content (AvgIpc) is 3.27. The Kier molecular flexibility index (Phi) is 8.65. The molecule has 1 heterocycles. The second-order valence-corrected chi connectivity index (χ2v) is 9.16. The number of aromatic nitrogens is 1. The summed E-state index contributed by atoms with van der Waals surface area (Å²) in [5.74, 6) is -0.0359. The SMILES string of the molecule is CCC(NC(=O)c1ccc2c(c1)c(C)cn2Cc1ccc(-c2ccccc2)cc1)c1ccccc1.O=C=O. The second kappa shape index (κ2) is 12.5. The summed E-state index contributed by atoms with van der Waals surface area (Å²) in [6.07, 6.45) is 3.27. The lowest BCUT2D eigenvalue weighted by Crippen LogP contribution is -2.28. The Labute approximate surface area is 222 Å². The fourth-order valence-electron chi connectivity index (χ4n) is 4.73. The molecule has 5 aromatic rings. The molecule has 0 saturated carbocycles. The minimum absolute atomic E-state index is 0.00366. The summed E-state index contributed by atoms with van der Waals surface area (Å²) < 4.78 is 2.27.